The van der Waals surface area contributed by atoms with Gasteiger partial charge < -0.3 is 9.64 Å². The van der Waals surface area contributed by atoms with Crippen molar-refractivity contribution >= 4 is 0 Å². The van der Waals surface area contributed by atoms with Crippen LogP contribution in [0.1, 0.15) is 24.8 Å². The molecule has 0 radical (unpaired) electrons. The van der Waals surface area contributed by atoms with Crippen LogP contribution in [0, 0.1) is 0 Å². The number of hydrogen-bond donors (Lipinski definition) is 0. The molecule has 1 aromatic heterocycles. The molecule has 0 N–H and O–H groups in total. The molecule has 0 saturated carbocycles. The molecule has 0 aromatic carbocycles. The first kappa shape index (κ1) is 14.0. The molecule has 3 heterocycles. The number of aromatic nitrogens is 1. The SMILES string of the molecule is CN(C)[C@H]1COC2(CCN(Cc3cccnc3)CC2)C1. The summed E-state index contributed by atoms with van der Waals surface area (Å²) < 4.78 is 6.17. The smallest absolute Gasteiger partial charge is 0.0723 e. The summed E-state index contributed by atoms with van der Waals surface area (Å²) in [5, 5.41) is 0. The van der Waals surface area contributed by atoms with Gasteiger partial charge in [0.25, 0.3) is 0 Å². The van der Waals surface area contributed by atoms with Crippen molar-refractivity contribution in [3.05, 3.63) is 30.1 Å². The molecule has 3 rings (SSSR count). The Balaban J connectivity index is 1.53. The van der Waals surface area contributed by atoms with Crippen LogP contribution in [-0.2, 0) is 11.3 Å². The molecule has 20 heavy (non-hydrogen) atoms. The lowest BCUT2D eigenvalue weighted by atomic mass is 9.87. The Labute approximate surface area is 121 Å². The summed E-state index contributed by atoms with van der Waals surface area (Å²) >= 11 is 0. The van der Waals surface area contributed by atoms with Gasteiger partial charge in [0.05, 0.1) is 12.2 Å². The standard InChI is InChI=1S/C16H25N3O/c1-18(2)15-10-16(20-13-15)5-8-19(9-6-16)12-14-4-3-7-17-11-14/h3-4,7,11,15H,5-6,8-10,12-13H2,1-2H3/t15-/m1/s1. The first-order chi connectivity index (χ1) is 9.67. The topological polar surface area (TPSA) is 28.6 Å². The van der Waals surface area contributed by atoms with Crippen LogP contribution in [0.3, 0.4) is 0 Å². The molecule has 0 bridgehead atoms. The van der Waals surface area contributed by atoms with E-state index in [1.54, 1.807) is 0 Å². The second kappa shape index (κ2) is 5.80. The van der Waals surface area contributed by atoms with Crippen LogP contribution in [0.15, 0.2) is 24.5 Å². The van der Waals surface area contributed by atoms with Gasteiger partial charge in [0.2, 0.25) is 0 Å². The minimum absolute atomic E-state index is 0.153. The van der Waals surface area contributed by atoms with Crippen molar-refractivity contribution in [1.82, 2.24) is 14.8 Å². The number of likely N-dealkylation sites (tertiary alicyclic amines) is 1. The monoisotopic (exact) mass is 275 g/mol. The molecule has 4 heteroatoms. The van der Waals surface area contributed by atoms with E-state index in [4.69, 9.17) is 4.74 Å². The van der Waals surface area contributed by atoms with Gasteiger partial charge in [0, 0.05) is 38.1 Å². The highest BCUT2D eigenvalue weighted by atomic mass is 16.5. The Morgan fingerprint density at radius 2 is 2.20 bits per heavy atom. The molecule has 1 spiro atoms. The second-order valence-corrected chi connectivity index (χ2v) is 6.45. The Kier molecular flexibility index (Phi) is 4.06. The number of nitrogens with zero attached hydrogens (tertiary/aromatic N) is 3. The van der Waals surface area contributed by atoms with Crippen LogP contribution in [-0.4, -0.2) is 60.2 Å². The van der Waals surface area contributed by atoms with E-state index >= 15 is 0 Å². The first-order valence-corrected chi connectivity index (χ1v) is 7.59. The second-order valence-electron chi connectivity index (χ2n) is 6.45. The number of likely N-dealkylation sites (N-methyl/N-ethyl adjacent to an activating group) is 1. The minimum atomic E-state index is 0.153. The van der Waals surface area contributed by atoms with E-state index in [0.717, 1.165) is 39.1 Å². The summed E-state index contributed by atoms with van der Waals surface area (Å²) in [5.41, 5.74) is 1.46. The van der Waals surface area contributed by atoms with Gasteiger partial charge >= 0.3 is 0 Å². The van der Waals surface area contributed by atoms with E-state index in [0.29, 0.717) is 6.04 Å². The molecule has 2 fully saturated rings. The van der Waals surface area contributed by atoms with Gasteiger partial charge in [-0.15, -0.1) is 0 Å². The number of rotatable bonds is 3. The number of ether oxygens (including phenoxy) is 1. The predicted molar refractivity (Wildman–Crippen MR) is 79.5 cm³/mol. The average Bonchev–Trinajstić information content (AvgIpc) is 2.87. The fourth-order valence-electron chi connectivity index (χ4n) is 3.37. The molecule has 0 unspecified atom stereocenters. The van der Waals surface area contributed by atoms with Gasteiger partial charge in [-0.05, 0) is 45.0 Å². The summed E-state index contributed by atoms with van der Waals surface area (Å²) in [6, 6.07) is 4.77. The van der Waals surface area contributed by atoms with Crippen LogP contribution in [0.5, 0.6) is 0 Å². The summed E-state index contributed by atoms with van der Waals surface area (Å²) in [5.74, 6) is 0. The molecule has 110 valence electrons. The number of hydrogen-bond acceptors (Lipinski definition) is 4. The fraction of sp³-hybridized carbons (Fsp3) is 0.688. The van der Waals surface area contributed by atoms with E-state index in [1.165, 1.54) is 12.0 Å². The lowest BCUT2D eigenvalue weighted by Gasteiger charge is -2.38. The quantitative estimate of drug-likeness (QED) is 0.840. The van der Waals surface area contributed by atoms with Crippen LogP contribution in [0.2, 0.25) is 0 Å². The Morgan fingerprint density at radius 1 is 1.40 bits per heavy atom. The third-order valence-electron chi connectivity index (χ3n) is 4.82. The third kappa shape index (κ3) is 3.03. The number of piperidine rings is 1. The summed E-state index contributed by atoms with van der Waals surface area (Å²) in [7, 11) is 4.31. The zero-order valence-electron chi connectivity index (χ0n) is 12.6. The zero-order valence-corrected chi connectivity index (χ0v) is 12.6. The van der Waals surface area contributed by atoms with Gasteiger partial charge in [-0.1, -0.05) is 6.07 Å². The Hall–Kier alpha value is -0.970. The van der Waals surface area contributed by atoms with E-state index in [-0.39, 0.29) is 5.60 Å². The highest BCUT2D eigenvalue weighted by molar-refractivity contribution is 5.08. The van der Waals surface area contributed by atoms with Gasteiger partial charge in [0.15, 0.2) is 0 Å². The van der Waals surface area contributed by atoms with E-state index in [2.05, 4.69) is 34.9 Å². The van der Waals surface area contributed by atoms with E-state index in [9.17, 15) is 0 Å². The minimum Gasteiger partial charge on any atom is -0.373 e. The van der Waals surface area contributed by atoms with Crippen LogP contribution in [0.25, 0.3) is 0 Å². The molecule has 1 aromatic rings. The van der Waals surface area contributed by atoms with Crippen molar-refractivity contribution in [2.75, 3.05) is 33.8 Å². The Bertz CT molecular complexity index is 427. The maximum atomic E-state index is 6.17. The highest BCUT2D eigenvalue weighted by Gasteiger charge is 2.43. The van der Waals surface area contributed by atoms with Crippen molar-refractivity contribution < 1.29 is 4.74 Å². The molecule has 0 amide bonds. The normalized spacial score (nSPS) is 26.4. The molecule has 2 saturated heterocycles. The largest absolute Gasteiger partial charge is 0.373 e. The van der Waals surface area contributed by atoms with Crippen LogP contribution >= 0.6 is 0 Å². The maximum Gasteiger partial charge on any atom is 0.0723 e. The molecule has 2 aliphatic rings. The van der Waals surface area contributed by atoms with Gasteiger partial charge in [0.1, 0.15) is 0 Å². The van der Waals surface area contributed by atoms with Crippen molar-refractivity contribution in [3.8, 4) is 0 Å². The van der Waals surface area contributed by atoms with Crippen LogP contribution < -0.4 is 0 Å². The first-order valence-electron chi connectivity index (χ1n) is 7.59. The van der Waals surface area contributed by atoms with Crippen molar-refractivity contribution in [2.45, 2.75) is 37.5 Å². The molecular weight excluding hydrogens is 250 g/mol. The van der Waals surface area contributed by atoms with Crippen molar-refractivity contribution in [1.29, 1.82) is 0 Å². The van der Waals surface area contributed by atoms with Crippen molar-refractivity contribution in [2.24, 2.45) is 0 Å². The van der Waals surface area contributed by atoms with Gasteiger partial charge in [-0.25, -0.2) is 0 Å². The lowest BCUT2D eigenvalue weighted by molar-refractivity contribution is -0.0451. The van der Waals surface area contributed by atoms with Gasteiger partial charge in [-0.2, -0.15) is 0 Å². The zero-order chi connectivity index (χ0) is 14.0. The molecule has 2 aliphatic heterocycles. The van der Waals surface area contributed by atoms with Crippen molar-refractivity contribution in [3.63, 3.8) is 0 Å². The molecule has 4 nitrogen and oxygen atoms in total. The average molecular weight is 275 g/mol. The molecule has 1 atom stereocenters. The number of pyridine rings is 1. The van der Waals surface area contributed by atoms with E-state index in [1.807, 2.05) is 18.5 Å². The van der Waals surface area contributed by atoms with Gasteiger partial charge in [-0.3, -0.25) is 9.88 Å². The molecule has 0 aliphatic carbocycles. The fourth-order valence-corrected chi connectivity index (χ4v) is 3.37. The molecular formula is C16H25N3O. The highest BCUT2D eigenvalue weighted by Crippen LogP contribution is 2.37. The lowest BCUT2D eigenvalue weighted by Crippen LogP contribution is -2.44. The third-order valence-corrected chi connectivity index (χ3v) is 4.82. The summed E-state index contributed by atoms with van der Waals surface area (Å²) in [4.78, 5) is 9.02. The summed E-state index contributed by atoms with van der Waals surface area (Å²) in [6.45, 7) is 4.18. The van der Waals surface area contributed by atoms with E-state index < -0.39 is 0 Å². The maximum absolute atomic E-state index is 6.17. The Morgan fingerprint density at radius 3 is 2.80 bits per heavy atom. The summed E-state index contributed by atoms with van der Waals surface area (Å²) in [6.07, 6.45) is 7.33. The van der Waals surface area contributed by atoms with Crippen LogP contribution in [0.4, 0.5) is 0 Å². The predicted octanol–water partition coefficient (Wildman–Crippen LogP) is 1.77.